The van der Waals surface area contributed by atoms with E-state index in [9.17, 15) is 4.79 Å². The van der Waals surface area contributed by atoms with Crippen molar-refractivity contribution in [1.29, 1.82) is 0 Å². The Morgan fingerprint density at radius 1 is 1.40 bits per heavy atom. The predicted octanol–water partition coefficient (Wildman–Crippen LogP) is 3.27. The van der Waals surface area contributed by atoms with Gasteiger partial charge in [0.1, 0.15) is 0 Å². The van der Waals surface area contributed by atoms with Gasteiger partial charge in [-0.05, 0) is 25.1 Å². The number of thioether (sulfide) groups is 1. The SMILES string of the molecule is CCNC(=O)CSc1nnc(-c2ccc(Cl)cc2Cl)o1. The van der Waals surface area contributed by atoms with E-state index in [1.54, 1.807) is 18.2 Å². The third-order valence-corrected chi connectivity index (χ3v) is 3.63. The van der Waals surface area contributed by atoms with E-state index >= 15 is 0 Å². The number of benzene rings is 1. The summed E-state index contributed by atoms with van der Waals surface area (Å²) in [5.41, 5.74) is 0.605. The minimum absolute atomic E-state index is 0.0817. The van der Waals surface area contributed by atoms with Crippen molar-refractivity contribution in [2.45, 2.75) is 12.1 Å². The van der Waals surface area contributed by atoms with Gasteiger partial charge in [-0.25, -0.2) is 0 Å². The maximum atomic E-state index is 11.3. The van der Waals surface area contributed by atoms with Gasteiger partial charge in [-0.3, -0.25) is 4.79 Å². The Labute approximate surface area is 130 Å². The summed E-state index contributed by atoms with van der Waals surface area (Å²) >= 11 is 13.1. The first kappa shape index (κ1) is 15.2. The number of aromatic nitrogens is 2. The van der Waals surface area contributed by atoms with Crippen LogP contribution in [0.2, 0.25) is 10.0 Å². The van der Waals surface area contributed by atoms with Gasteiger partial charge >= 0.3 is 0 Å². The number of nitrogens with zero attached hydrogens (tertiary/aromatic N) is 2. The fourth-order valence-electron chi connectivity index (χ4n) is 1.42. The maximum absolute atomic E-state index is 11.3. The van der Waals surface area contributed by atoms with Crippen LogP contribution in [0.25, 0.3) is 11.5 Å². The van der Waals surface area contributed by atoms with Crippen LogP contribution in [0.15, 0.2) is 27.8 Å². The molecule has 5 nitrogen and oxygen atoms in total. The first-order chi connectivity index (χ1) is 9.60. The second-order valence-corrected chi connectivity index (χ2v) is 5.51. The molecule has 0 saturated carbocycles. The van der Waals surface area contributed by atoms with E-state index in [-0.39, 0.29) is 11.7 Å². The van der Waals surface area contributed by atoms with Crippen molar-refractivity contribution < 1.29 is 9.21 Å². The van der Waals surface area contributed by atoms with E-state index in [0.717, 1.165) is 0 Å². The Morgan fingerprint density at radius 2 is 2.20 bits per heavy atom. The summed E-state index contributed by atoms with van der Waals surface area (Å²) in [7, 11) is 0. The van der Waals surface area contributed by atoms with E-state index in [1.807, 2.05) is 6.92 Å². The second-order valence-electron chi connectivity index (χ2n) is 3.74. The Morgan fingerprint density at radius 3 is 2.90 bits per heavy atom. The topological polar surface area (TPSA) is 68.0 Å². The zero-order valence-electron chi connectivity index (χ0n) is 10.5. The molecular formula is C12H11Cl2N3O2S. The van der Waals surface area contributed by atoms with Crippen molar-refractivity contribution >= 4 is 40.9 Å². The van der Waals surface area contributed by atoms with Gasteiger partial charge in [0.05, 0.1) is 16.3 Å². The lowest BCUT2D eigenvalue weighted by molar-refractivity contribution is -0.118. The van der Waals surface area contributed by atoms with E-state index < -0.39 is 0 Å². The van der Waals surface area contributed by atoms with E-state index in [2.05, 4.69) is 15.5 Å². The fourth-order valence-corrected chi connectivity index (χ4v) is 2.50. The summed E-state index contributed by atoms with van der Waals surface area (Å²) in [4.78, 5) is 11.3. The average molecular weight is 332 g/mol. The molecule has 2 aromatic rings. The second kappa shape index (κ2) is 6.97. The molecule has 8 heteroatoms. The standard InChI is InChI=1S/C12H11Cl2N3O2S/c1-2-15-10(18)6-20-12-17-16-11(19-12)8-4-3-7(13)5-9(8)14/h3-5H,2,6H2,1H3,(H,15,18). The molecule has 20 heavy (non-hydrogen) atoms. The van der Waals surface area contributed by atoms with Gasteiger partial charge in [0.25, 0.3) is 5.22 Å². The Hall–Kier alpha value is -1.24. The van der Waals surface area contributed by atoms with Crippen molar-refractivity contribution in [3.05, 3.63) is 28.2 Å². The van der Waals surface area contributed by atoms with Crippen LogP contribution in [0, 0.1) is 0 Å². The largest absolute Gasteiger partial charge is 0.411 e. The summed E-state index contributed by atoms with van der Waals surface area (Å²) in [6, 6.07) is 5.00. The van der Waals surface area contributed by atoms with Crippen LogP contribution in [-0.4, -0.2) is 28.4 Å². The Balaban J connectivity index is 2.07. The number of carbonyl (C=O) groups excluding carboxylic acids is 1. The first-order valence-electron chi connectivity index (χ1n) is 5.78. The van der Waals surface area contributed by atoms with Gasteiger partial charge < -0.3 is 9.73 Å². The van der Waals surface area contributed by atoms with E-state index in [4.69, 9.17) is 27.6 Å². The predicted molar refractivity (Wildman–Crippen MR) is 79.2 cm³/mol. The minimum atomic E-state index is -0.0817. The molecule has 0 bridgehead atoms. The molecule has 1 aromatic carbocycles. The van der Waals surface area contributed by atoms with Crippen LogP contribution in [0.5, 0.6) is 0 Å². The van der Waals surface area contributed by atoms with Gasteiger partial charge in [0.15, 0.2) is 0 Å². The summed E-state index contributed by atoms with van der Waals surface area (Å²) in [5, 5.41) is 11.7. The molecule has 0 aliphatic rings. The monoisotopic (exact) mass is 331 g/mol. The summed E-state index contributed by atoms with van der Waals surface area (Å²) in [5.74, 6) is 0.441. The molecule has 0 radical (unpaired) electrons. The first-order valence-corrected chi connectivity index (χ1v) is 7.52. The Kier molecular flexibility index (Phi) is 5.28. The third kappa shape index (κ3) is 3.88. The lowest BCUT2D eigenvalue weighted by atomic mass is 10.2. The van der Waals surface area contributed by atoms with Crippen LogP contribution in [0.4, 0.5) is 0 Å². The minimum Gasteiger partial charge on any atom is -0.411 e. The molecule has 2 rings (SSSR count). The zero-order chi connectivity index (χ0) is 14.5. The molecule has 1 amide bonds. The van der Waals surface area contributed by atoms with E-state index in [0.29, 0.717) is 33.3 Å². The van der Waals surface area contributed by atoms with Gasteiger partial charge in [-0.1, -0.05) is 35.0 Å². The van der Waals surface area contributed by atoms with Crippen LogP contribution >= 0.6 is 35.0 Å². The molecule has 0 aliphatic carbocycles. The molecule has 0 atom stereocenters. The van der Waals surface area contributed by atoms with Crippen molar-refractivity contribution in [3.8, 4) is 11.5 Å². The normalized spacial score (nSPS) is 10.6. The van der Waals surface area contributed by atoms with E-state index in [1.165, 1.54) is 11.8 Å². The number of rotatable bonds is 5. The molecule has 1 aromatic heterocycles. The number of amides is 1. The number of carbonyl (C=O) groups is 1. The Bertz CT molecular complexity index is 618. The lowest BCUT2D eigenvalue weighted by Gasteiger charge is -1.99. The lowest BCUT2D eigenvalue weighted by Crippen LogP contribution is -2.24. The van der Waals surface area contributed by atoms with Crippen LogP contribution in [0.3, 0.4) is 0 Å². The summed E-state index contributed by atoms with van der Waals surface area (Å²) in [6.45, 7) is 2.45. The van der Waals surface area contributed by atoms with Crippen molar-refractivity contribution in [3.63, 3.8) is 0 Å². The van der Waals surface area contributed by atoms with Gasteiger partial charge in [-0.15, -0.1) is 10.2 Å². The average Bonchev–Trinajstić information content (AvgIpc) is 2.85. The maximum Gasteiger partial charge on any atom is 0.277 e. The molecule has 1 heterocycles. The number of hydrogen-bond donors (Lipinski definition) is 1. The van der Waals surface area contributed by atoms with Crippen molar-refractivity contribution in [1.82, 2.24) is 15.5 Å². The molecular weight excluding hydrogens is 321 g/mol. The van der Waals surface area contributed by atoms with Crippen molar-refractivity contribution in [2.24, 2.45) is 0 Å². The molecule has 0 saturated heterocycles. The summed E-state index contributed by atoms with van der Waals surface area (Å²) in [6.07, 6.45) is 0. The fraction of sp³-hybridized carbons (Fsp3) is 0.250. The third-order valence-electron chi connectivity index (χ3n) is 2.27. The van der Waals surface area contributed by atoms with Gasteiger partial charge in [0, 0.05) is 11.6 Å². The molecule has 106 valence electrons. The molecule has 1 N–H and O–H groups in total. The van der Waals surface area contributed by atoms with Gasteiger partial charge in [-0.2, -0.15) is 0 Å². The van der Waals surface area contributed by atoms with Gasteiger partial charge in [0.2, 0.25) is 11.8 Å². The highest BCUT2D eigenvalue weighted by atomic mass is 35.5. The number of hydrogen-bond acceptors (Lipinski definition) is 5. The zero-order valence-corrected chi connectivity index (χ0v) is 12.8. The van der Waals surface area contributed by atoms with Crippen molar-refractivity contribution in [2.75, 3.05) is 12.3 Å². The highest BCUT2D eigenvalue weighted by molar-refractivity contribution is 7.99. The molecule has 0 unspecified atom stereocenters. The quantitative estimate of drug-likeness (QED) is 0.851. The number of nitrogens with one attached hydrogen (secondary N) is 1. The highest BCUT2D eigenvalue weighted by Gasteiger charge is 2.13. The smallest absolute Gasteiger partial charge is 0.277 e. The highest BCUT2D eigenvalue weighted by Crippen LogP contribution is 2.30. The van der Waals surface area contributed by atoms with Crippen LogP contribution in [-0.2, 0) is 4.79 Å². The number of halogens is 2. The molecule has 0 fully saturated rings. The molecule has 0 spiro atoms. The summed E-state index contributed by atoms with van der Waals surface area (Å²) < 4.78 is 5.45. The van der Waals surface area contributed by atoms with Crippen LogP contribution < -0.4 is 5.32 Å². The molecule has 0 aliphatic heterocycles. The van der Waals surface area contributed by atoms with Crippen LogP contribution in [0.1, 0.15) is 6.92 Å².